The summed E-state index contributed by atoms with van der Waals surface area (Å²) in [4.78, 5) is 21.6. The molecule has 1 aliphatic heterocycles. The Kier molecular flexibility index (Phi) is 5.84. The molecule has 146 valence electrons. The van der Waals surface area contributed by atoms with Gasteiger partial charge in [-0.3, -0.25) is 4.79 Å². The minimum atomic E-state index is -0.0605. The molecule has 1 aliphatic rings. The van der Waals surface area contributed by atoms with Gasteiger partial charge in [-0.1, -0.05) is 13.3 Å². The molecule has 1 N–H and O–H groups in total. The summed E-state index contributed by atoms with van der Waals surface area (Å²) < 4.78 is 0. The van der Waals surface area contributed by atoms with E-state index in [1.54, 1.807) is 6.07 Å². The highest BCUT2D eigenvalue weighted by atomic mass is 16.2. The topological polar surface area (TPSA) is 72.3 Å². The summed E-state index contributed by atoms with van der Waals surface area (Å²) in [6.45, 7) is 10.3. The van der Waals surface area contributed by atoms with Gasteiger partial charge < -0.3 is 15.1 Å². The second kappa shape index (κ2) is 8.30. The Hall–Kier alpha value is -3.07. The van der Waals surface area contributed by atoms with E-state index in [4.69, 9.17) is 10.2 Å². The molecule has 1 amide bonds. The van der Waals surface area contributed by atoms with Gasteiger partial charge in [0.1, 0.15) is 12.2 Å². The molecule has 0 saturated carbocycles. The van der Waals surface area contributed by atoms with Crippen LogP contribution in [0.15, 0.2) is 24.3 Å². The van der Waals surface area contributed by atoms with Crippen molar-refractivity contribution in [1.29, 1.82) is 5.26 Å². The zero-order valence-electron chi connectivity index (χ0n) is 17.0. The van der Waals surface area contributed by atoms with Crippen LogP contribution < -0.4 is 15.1 Å². The second-order valence-corrected chi connectivity index (χ2v) is 7.16. The third-order valence-electron chi connectivity index (χ3n) is 5.05. The van der Waals surface area contributed by atoms with Crippen LogP contribution in [0.25, 0.3) is 0 Å². The molecule has 1 aromatic carbocycles. The Morgan fingerprint density at radius 1 is 1.29 bits per heavy atom. The average molecular weight is 377 g/mol. The molecule has 0 atom stereocenters. The number of anilines is 4. The molecule has 1 aromatic heterocycles. The van der Waals surface area contributed by atoms with Crippen molar-refractivity contribution in [3.8, 4) is 6.07 Å². The van der Waals surface area contributed by atoms with E-state index in [1.165, 1.54) is 0 Å². The maximum atomic E-state index is 12.6. The Morgan fingerprint density at radius 3 is 2.71 bits per heavy atom. The molecule has 6 heteroatoms. The molecule has 28 heavy (non-hydrogen) atoms. The van der Waals surface area contributed by atoms with E-state index in [0.29, 0.717) is 5.56 Å². The summed E-state index contributed by atoms with van der Waals surface area (Å²) in [5, 5.41) is 12.2. The first-order valence-corrected chi connectivity index (χ1v) is 9.83. The lowest BCUT2D eigenvalue weighted by Crippen LogP contribution is -2.38. The lowest BCUT2D eigenvalue weighted by Gasteiger charge is -2.35. The molecule has 0 fully saturated rings. The van der Waals surface area contributed by atoms with Crippen molar-refractivity contribution in [3.63, 3.8) is 0 Å². The molecule has 2 heterocycles. The van der Waals surface area contributed by atoms with Crippen molar-refractivity contribution in [2.75, 3.05) is 34.8 Å². The van der Waals surface area contributed by atoms with E-state index in [-0.39, 0.29) is 12.5 Å². The Balaban J connectivity index is 2.13. The summed E-state index contributed by atoms with van der Waals surface area (Å²) in [5.41, 5.74) is 5.15. The van der Waals surface area contributed by atoms with Gasteiger partial charge in [0, 0.05) is 24.5 Å². The maximum absolute atomic E-state index is 12.6. The van der Waals surface area contributed by atoms with Crippen LogP contribution in [0, 0.1) is 25.2 Å². The number of aryl methyl sites for hydroxylation is 2. The number of amides is 1. The molecule has 2 aromatic rings. The highest BCUT2D eigenvalue weighted by Crippen LogP contribution is 2.41. The fraction of sp³-hybridized carbons (Fsp3) is 0.409. The van der Waals surface area contributed by atoms with Crippen LogP contribution in [0.5, 0.6) is 0 Å². The predicted octanol–water partition coefficient (Wildman–Crippen LogP) is 4.29. The van der Waals surface area contributed by atoms with Crippen LogP contribution in [0.3, 0.4) is 0 Å². The van der Waals surface area contributed by atoms with E-state index < -0.39 is 0 Å². The second-order valence-electron chi connectivity index (χ2n) is 7.16. The molecular formula is C22H27N5O. The Bertz CT molecular complexity index is 931. The number of pyridine rings is 1. The molecule has 0 radical (unpaired) electrons. The average Bonchev–Trinajstić information content (AvgIpc) is 2.68. The first-order chi connectivity index (χ1) is 13.5. The van der Waals surface area contributed by atoms with E-state index in [0.717, 1.165) is 60.1 Å². The molecule has 0 saturated heterocycles. The van der Waals surface area contributed by atoms with Crippen LogP contribution in [0.2, 0.25) is 0 Å². The third-order valence-corrected chi connectivity index (χ3v) is 5.05. The van der Waals surface area contributed by atoms with Gasteiger partial charge in [-0.05, 0) is 57.0 Å². The summed E-state index contributed by atoms with van der Waals surface area (Å²) in [6.07, 6.45) is 2.21. The number of hydrogen-bond donors (Lipinski definition) is 1. The monoisotopic (exact) mass is 377 g/mol. The van der Waals surface area contributed by atoms with Gasteiger partial charge >= 0.3 is 0 Å². The quantitative estimate of drug-likeness (QED) is 0.813. The number of aromatic nitrogens is 1. The third kappa shape index (κ3) is 3.79. The van der Waals surface area contributed by atoms with Gasteiger partial charge in [0.25, 0.3) is 0 Å². The number of hydrogen-bond acceptors (Lipinski definition) is 5. The van der Waals surface area contributed by atoms with Gasteiger partial charge in [0.15, 0.2) is 5.82 Å². The minimum Gasteiger partial charge on any atom is -0.370 e. The molecule has 0 spiro atoms. The van der Waals surface area contributed by atoms with E-state index in [2.05, 4.69) is 30.1 Å². The normalized spacial score (nSPS) is 13.0. The van der Waals surface area contributed by atoms with Crippen molar-refractivity contribution in [1.82, 2.24) is 4.98 Å². The smallest absolute Gasteiger partial charge is 0.244 e. The minimum absolute atomic E-state index is 0.0605. The number of rotatable bonds is 6. The van der Waals surface area contributed by atoms with Crippen LogP contribution in [-0.4, -0.2) is 30.5 Å². The Labute approximate surface area is 166 Å². The van der Waals surface area contributed by atoms with Crippen LogP contribution in [0.4, 0.5) is 22.9 Å². The van der Waals surface area contributed by atoms with Crippen molar-refractivity contribution in [2.24, 2.45) is 0 Å². The molecule has 0 unspecified atom stereocenters. The largest absolute Gasteiger partial charge is 0.370 e. The number of nitrogens with zero attached hydrogens (tertiary/aromatic N) is 4. The molecular weight excluding hydrogens is 350 g/mol. The van der Waals surface area contributed by atoms with E-state index >= 15 is 0 Å². The van der Waals surface area contributed by atoms with Crippen molar-refractivity contribution in [3.05, 3.63) is 41.1 Å². The number of benzene rings is 1. The van der Waals surface area contributed by atoms with E-state index in [1.807, 2.05) is 36.9 Å². The number of fused-ring (bicyclic) bond motifs is 1. The summed E-state index contributed by atoms with van der Waals surface area (Å²) in [7, 11) is 0. The standard InChI is InChI=1S/C22H27N5O/c1-5-7-10-26(6-2)19-12-16(4)24-22-21(19)25-20(28)14-27(22)18-9-8-17(13-23)11-15(18)3/h8-9,11-12H,5-7,10,14H2,1-4H3,(H,25,28). The number of nitriles is 1. The van der Waals surface area contributed by atoms with Crippen LogP contribution >= 0.6 is 0 Å². The SMILES string of the molecule is CCCCN(CC)c1cc(C)nc2c1NC(=O)CN2c1ccc(C#N)cc1C. The fourth-order valence-electron chi connectivity index (χ4n) is 3.63. The molecule has 0 bridgehead atoms. The maximum Gasteiger partial charge on any atom is 0.244 e. The fourth-order valence-corrected chi connectivity index (χ4v) is 3.63. The summed E-state index contributed by atoms with van der Waals surface area (Å²) in [5.74, 6) is 0.701. The first kappa shape index (κ1) is 19.7. The number of carbonyl (C=O) groups is 1. The van der Waals surface area contributed by atoms with Crippen LogP contribution in [0.1, 0.15) is 43.5 Å². The van der Waals surface area contributed by atoms with Gasteiger partial charge in [0.05, 0.1) is 17.3 Å². The lowest BCUT2D eigenvalue weighted by molar-refractivity contribution is -0.115. The molecule has 0 aliphatic carbocycles. The first-order valence-electron chi connectivity index (χ1n) is 9.83. The van der Waals surface area contributed by atoms with Gasteiger partial charge in [0.2, 0.25) is 5.91 Å². The predicted molar refractivity (Wildman–Crippen MR) is 113 cm³/mol. The van der Waals surface area contributed by atoms with Crippen molar-refractivity contribution >= 4 is 28.8 Å². The summed E-state index contributed by atoms with van der Waals surface area (Å²) >= 11 is 0. The van der Waals surface area contributed by atoms with E-state index in [9.17, 15) is 4.79 Å². The number of carbonyl (C=O) groups excluding carboxylic acids is 1. The zero-order chi connectivity index (χ0) is 20.3. The highest BCUT2D eigenvalue weighted by Gasteiger charge is 2.29. The van der Waals surface area contributed by atoms with Crippen molar-refractivity contribution in [2.45, 2.75) is 40.5 Å². The van der Waals surface area contributed by atoms with Gasteiger partial charge in [-0.25, -0.2) is 4.98 Å². The molecule has 6 nitrogen and oxygen atoms in total. The van der Waals surface area contributed by atoms with Crippen LogP contribution in [-0.2, 0) is 4.79 Å². The number of unbranched alkanes of at least 4 members (excludes halogenated alkanes) is 1. The lowest BCUT2D eigenvalue weighted by atomic mass is 10.1. The van der Waals surface area contributed by atoms with Gasteiger partial charge in [-0.15, -0.1) is 0 Å². The van der Waals surface area contributed by atoms with Crippen molar-refractivity contribution < 1.29 is 4.79 Å². The zero-order valence-corrected chi connectivity index (χ0v) is 17.0. The summed E-state index contributed by atoms with van der Waals surface area (Å²) in [6, 6.07) is 9.74. The Morgan fingerprint density at radius 2 is 2.07 bits per heavy atom. The highest BCUT2D eigenvalue weighted by molar-refractivity contribution is 6.06. The molecule has 3 rings (SSSR count). The van der Waals surface area contributed by atoms with Gasteiger partial charge in [-0.2, -0.15) is 5.26 Å². The number of nitrogens with one attached hydrogen (secondary N) is 1.